The van der Waals surface area contributed by atoms with Gasteiger partial charge in [-0.3, -0.25) is 0 Å². The summed E-state index contributed by atoms with van der Waals surface area (Å²) in [6.45, 7) is 2.20. The van der Waals surface area contributed by atoms with Crippen LogP contribution in [0, 0.1) is 12.7 Å². The van der Waals surface area contributed by atoms with E-state index in [2.05, 4.69) is 14.7 Å². The number of imidazole rings is 1. The first kappa shape index (κ1) is 16.6. The Hall–Kier alpha value is -2.25. The number of sulfonamides is 1. The Balaban J connectivity index is 1.58. The molecule has 0 saturated carbocycles. The molecule has 0 radical (unpaired) electrons. The molecule has 0 aliphatic heterocycles. The van der Waals surface area contributed by atoms with Crippen LogP contribution >= 0.6 is 0 Å². The Morgan fingerprint density at radius 3 is 2.58 bits per heavy atom. The number of rotatable bonds is 6. The molecule has 0 saturated heterocycles. The fourth-order valence-corrected chi connectivity index (χ4v) is 3.69. The van der Waals surface area contributed by atoms with Crippen LogP contribution in [0.2, 0.25) is 0 Å². The van der Waals surface area contributed by atoms with Crippen molar-refractivity contribution in [1.82, 2.24) is 14.7 Å². The van der Waals surface area contributed by atoms with Gasteiger partial charge in [0.05, 0.1) is 16.8 Å². The molecular formula is C17H18FN3O2S. The maximum atomic E-state index is 12.9. The summed E-state index contributed by atoms with van der Waals surface area (Å²) >= 11 is 0. The Morgan fingerprint density at radius 1 is 1.12 bits per heavy atom. The summed E-state index contributed by atoms with van der Waals surface area (Å²) in [6.07, 6.45) is 0.580. The molecule has 5 nitrogen and oxygen atoms in total. The third-order valence-corrected chi connectivity index (χ3v) is 5.03. The van der Waals surface area contributed by atoms with Crippen molar-refractivity contribution in [3.8, 4) is 0 Å². The Bertz CT molecular complexity index is 950. The van der Waals surface area contributed by atoms with E-state index in [4.69, 9.17) is 0 Å². The monoisotopic (exact) mass is 347 g/mol. The number of halogens is 1. The summed E-state index contributed by atoms with van der Waals surface area (Å²) in [5, 5.41) is 0. The van der Waals surface area contributed by atoms with Crippen LogP contribution in [-0.4, -0.2) is 24.9 Å². The standard InChI is InChI=1S/C17H18FN3O2S/c1-12-20-16-7-4-13(10-17(16)21-12)8-9-19-24(22,23)11-14-2-5-15(18)6-3-14/h2-7,10,19H,8-9,11H2,1H3,(H,20,21). The Morgan fingerprint density at radius 2 is 1.83 bits per heavy atom. The molecule has 0 spiro atoms. The van der Waals surface area contributed by atoms with Gasteiger partial charge in [-0.1, -0.05) is 18.2 Å². The Labute approximate surface area is 140 Å². The largest absolute Gasteiger partial charge is 0.342 e. The zero-order valence-electron chi connectivity index (χ0n) is 13.2. The predicted octanol–water partition coefficient (Wildman–Crippen LogP) is 2.67. The van der Waals surface area contributed by atoms with Crippen molar-refractivity contribution in [2.75, 3.05) is 6.54 Å². The maximum Gasteiger partial charge on any atom is 0.215 e. The van der Waals surface area contributed by atoms with Gasteiger partial charge >= 0.3 is 0 Å². The number of aromatic nitrogens is 2. The average molecular weight is 347 g/mol. The van der Waals surface area contributed by atoms with Crippen LogP contribution < -0.4 is 4.72 Å². The van der Waals surface area contributed by atoms with E-state index < -0.39 is 10.0 Å². The minimum atomic E-state index is -3.45. The number of nitrogens with zero attached hydrogens (tertiary/aromatic N) is 1. The summed E-state index contributed by atoms with van der Waals surface area (Å²) in [6, 6.07) is 11.3. The van der Waals surface area contributed by atoms with Crippen LogP contribution in [0.3, 0.4) is 0 Å². The second-order valence-corrected chi connectivity index (χ2v) is 7.51. The van der Waals surface area contributed by atoms with E-state index in [-0.39, 0.29) is 11.6 Å². The molecule has 3 rings (SSSR count). The third kappa shape index (κ3) is 4.18. The number of nitrogens with one attached hydrogen (secondary N) is 2. The molecule has 7 heteroatoms. The fraction of sp³-hybridized carbons (Fsp3) is 0.235. The molecule has 2 N–H and O–H groups in total. The third-order valence-electron chi connectivity index (χ3n) is 3.67. The van der Waals surface area contributed by atoms with E-state index in [1.165, 1.54) is 24.3 Å². The van der Waals surface area contributed by atoms with Gasteiger partial charge in [-0.25, -0.2) is 22.5 Å². The van der Waals surface area contributed by atoms with Crippen LogP contribution in [0.1, 0.15) is 17.0 Å². The minimum Gasteiger partial charge on any atom is -0.342 e. The van der Waals surface area contributed by atoms with E-state index >= 15 is 0 Å². The number of hydrogen-bond donors (Lipinski definition) is 2. The zero-order valence-corrected chi connectivity index (χ0v) is 14.0. The van der Waals surface area contributed by atoms with Crippen molar-refractivity contribution in [1.29, 1.82) is 0 Å². The Kier molecular flexibility index (Phi) is 4.64. The molecule has 126 valence electrons. The van der Waals surface area contributed by atoms with Crippen LogP contribution in [0.25, 0.3) is 11.0 Å². The lowest BCUT2D eigenvalue weighted by atomic mass is 10.1. The second-order valence-electron chi connectivity index (χ2n) is 5.70. The molecule has 1 heterocycles. The number of fused-ring (bicyclic) bond motifs is 1. The van der Waals surface area contributed by atoms with Crippen LogP contribution in [0.5, 0.6) is 0 Å². The molecule has 2 aromatic carbocycles. The van der Waals surface area contributed by atoms with Crippen molar-refractivity contribution < 1.29 is 12.8 Å². The van der Waals surface area contributed by atoms with Gasteiger partial charge in [0.2, 0.25) is 10.0 Å². The van der Waals surface area contributed by atoms with Crippen molar-refractivity contribution in [2.24, 2.45) is 0 Å². The highest BCUT2D eigenvalue weighted by atomic mass is 32.2. The van der Waals surface area contributed by atoms with Gasteiger partial charge in [-0.2, -0.15) is 0 Å². The molecule has 0 bridgehead atoms. The smallest absolute Gasteiger partial charge is 0.215 e. The second kappa shape index (κ2) is 6.70. The number of benzene rings is 2. The topological polar surface area (TPSA) is 74.8 Å². The molecule has 0 aliphatic rings. The van der Waals surface area contributed by atoms with Gasteiger partial charge in [0.15, 0.2) is 0 Å². The molecule has 0 fully saturated rings. The first-order chi connectivity index (χ1) is 11.4. The molecule has 0 amide bonds. The first-order valence-electron chi connectivity index (χ1n) is 7.58. The van der Waals surface area contributed by atoms with E-state index in [1.54, 1.807) is 0 Å². The van der Waals surface area contributed by atoms with Crippen LogP contribution in [0.4, 0.5) is 4.39 Å². The maximum absolute atomic E-state index is 12.9. The molecule has 24 heavy (non-hydrogen) atoms. The SMILES string of the molecule is Cc1nc2ccc(CCNS(=O)(=O)Cc3ccc(F)cc3)cc2[nH]1. The lowest BCUT2D eigenvalue weighted by molar-refractivity contribution is 0.580. The van der Waals surface area contributed by atoms with Crippen molar-refractivity contribution in [3.63, 3.8) is 0 Å². The molecule has 3 aromatic rings. The molecular weight excluding hydrogens is 329 g/mol. The highest BCUT2D eigenvalue weighted by Crippen LogP contribution is 2.14. The van der Waals surface area contributed by atoms with Gasteiger partial charge in [-0.05, 0) is 48.7 Å². The van der Waals surface area contributed by atoms with Gasteiger partial charge in [0, 0.05) is 6.54 Å². The van der Waals surface area contributed by atoms with Crippen molar-refractivity contribution in [3.05, 3.63) is 65.2 Å². The van der Waals surface area contributed by atoms with E-state index in [1.807, 2.05) is 25.1 Å². The van der Waals surface area contributed by atoms with Crippen molar-refractivity contribution in [2.45, 2.75) is 19.1 Å². The summed E-state index contributed by atoms with van der Waals surface area (Å²) in [7, 11) is -3.45. The highest BCUT2D eigenvalue weighted by molar-refractivity contribution is 7.88. The number of aryl methyl sites for hydroxylation is 1. The lowest BCUT2D eigenvalue weighted by Crippen LogP contribution is -2.27. The summed E-state index contributed by atoms with van der Waals surface area (Å²) < 4.78 is 39.6. The normalized spacial score (nSPS) is 11.9. The van der Waals surface area contributed by atoms with Gasteiger partial charge < -0.3 is 4.98 Å². The van der Waals surface area contributed by atoms with Gasteiger partial charge in [0.1, 0.15) is 11.6 Å². The van der Waals surface area contributed by atoms with Crippen LogP contribution in [0.15, 0.2) is 42.5 Å². The molecule has 0 unspecified atom stereocenters. The quantitative estimate of drug-likeness (QED) is 0.720. The van der Waals surface area contributed by atoms with Crippen LogP contribution in [-0.2, 0) is 22.2 Å². The number of H-pyrrole nitrogens is 1. The number of hydrogen-bond acceptors (Lipinski definition) is 3. The summed E-state index contributed by atoms with van der Waals surface area (Å²) in [4.78, 5) is 7.50. The summed E-state index contributed by atoms with van der Waals surface area (Å²) in [5.41, 5.74) is 3.42. The van der Waals surface area contributed by atoms with Crippen molar-refractivity contribution >= 4 is 21.1 Å². The molecule has 0 atom stereocenters. The summed E-state index contributed by atoms with van der Waals surface area (Å²) in [5.74, 6) is 0.308. The zero-order chi connectivity index (χ0) is 17.2. The molecule has 0 aliphatic carbocycles. The lowest BCUT2D eigenvalue weighted by Gasteiger charge is -2.07. The molecule has 1 aromatic heterocycles. The van der Waals surface area contributed by atoms with Gasteiger partial charge in [-0.15, -0.1) is 0 Å². The number of aromatic amines is 1. The van der Waals surface area contributed by atoms with E-state index in [0.29, 0.717) is 18.5 Å². The average Bonchev–Trinajstić information content (AvgIpc) is 2.88. The minimum absolute atomic E-state index is 0.161. The van der Waals surface area contributed by atoms with E-state index in [0.717, 1.165) is 22.4 Å². The highest BCUT2D eigenvalue weighted by Gasteiger charge is 2.11. The predicted molar refractivity (Wildman–Crippen MR) is 91.6 cm³/mol. The van der Waals surface area contributed by atoms with E-state index in [9.17, 15) is 12.8 Å². The fourth-order valence-electron chi connectivity index (χ4n) is 2.54. The first-order valence-corrected chi connectivity index (χ1v) is 9.23. The van der Waals surface area contributed by atoms with Gasteiger partial charge in [0.25, 0.3) is 0 Å².